The fourth-order valence-electron chi connectivity index (χ4n) is 2.27. The number of hydrogen-bond donors (Lipinski definition) is 1. The number of pyridine rings is 1. The molecular formula is C15H25N3O4S. The molecule has 0 aliphatic carbocycles. The Morgan fingerprint density at radius 1 is 1.48 bits per heavy atom. The van der Waals surface area contributed by atoms with Crippen molar-refractivity contribution in [3.8, 4) is 5.88 Å². The van der Waals surface area contributed by atoms with Gasteiger partial charge in [0.15, 0.2) is 0 Å². The summed E-state index contributed by atoms with van der Waals surface area (Å²) in [6.45, 7) is 7.90. The second-order valence-electron chi connectivity index (χ2n) is 6.49. The van der Waals surface area contributed by atoms with Crippen LogP contribution in [0, 0.1) is 0 Å². The summed E-state index contributed by atoms with van der Waals surface area (Å²) in [5, 5.41) is 2.83. The van der Waals surface area contributed by atoms with Gasteiger partial charge in [0.25, 0.3) is 5.91 Å². The largest absolute Gasteiger partial charge is 0.474 e. The molecule has 130 valence electrons. The normalized spacial score (nSPS) is 14.9. The van der Waals surface area contributed by atoms with E-state index in [9.17, 15) is 13.2 Å². The molecule has 1 N–H and O–H groups in total. The Hall–Kier alpha value is -1.83. The number of carbonyl (C=O) groups is 1. The molecule has 1 aliphatic heterocycles. The van der Waals surface area contributed by atoms with E-state index in [2.05, 4.69) is 10.3 Å². The van der Waals surface area contributed by atoms with Gasteiger partial charge in [-0.15, -0.1) is 0 Å². The molecule has 1 amide bonds. The van der Waals surface area contributed by atoms with Gasteiger partial charge in [-0.25, -0.2) is 13.4 Å². The van der Waals surface area contributed by atoms with Crippen molar-refractivity contribution in [2.24, 2.45) is 0 Å². The third kappa shape index (κ3) is 4.13. The van der Waals surface area contributed by atoms with Crippen molar-refractivity contribution in [1.29, 1.82) is 0 Å². The first kappa shape index (κ1) is 17.5. The zero-order valence-corrected chi connectivity index (χ0v) is 14.7. The van der Waals surface area contributed by atoms with E-state index in [0.29, 0.717) is 17.7 Å². The average molecular weight is 343 g/mol. The van der Waals surface area contributed by atoms with Crippen molar-refractivity contribution in [3.63, 3.8) is 0 Å². The lowest BCUT2D eigenvalue weighted by atomic mass is 10.1. The number of sulfonamides is 1. The number of fused-ring (bicyclic) bond motifs is 1. The maximum Gasteiger partial charge on any atom is 0.253 e. The summed E-state index contributed by atoms with van der Waals surface area (Å²) in [5.41, 5.74) is 0.240. The zero-order valence-electron chi connectivity index (χ0n) is 13.9. The monoisotopic (exact) mass is 343 g/mol. The number of ether oxygens (including phenoxy) is 1. The highest BCUT2D eigenvalue weighted by molar-refractivity contribution is 7.92. The molecule has 0 saturated carbocycles. The molecule has 1 aliphatic rings. The molecule has 1 aromatic heterocycles. The molecule has 23 heavy (non-hydrogen) atoms. The minimum Gasteiger partial charge on any atom is -0.474 e. The van der Waals surface area contributed by atoms with Crippen LogP contribution in [0.15, 0.2) is 12.3 Å². The van der Waals surface area contributed by atoms with Gasteiger partial charge < -0.3 is 10.1 Å². The summed E-state index contributed by atoms with van der Waals surface area (Å²) in [6, 6.07) is 1.52. The van der Waals surface area contributed by atoms with Crippen LogP contribution in [0.3, 0.4) is 0 Å². The van der Waals surface area contributed by atoms with Crippen LogP contribution in [0.2, 0.25) is 0 Å². The van der Waals surface area contributed by atoms with Gasteiger partial charge in [0.05, 0.1) is 17.9 Å². The Kier molecular flexibility index (Phi) is 4.84. The van der Waals surface area contributed by atoms with Crippen LogP contribution in [-0.4, -0.2) is 43.8 Å². The van der Waals surface area contributed by atoms with Gasteiger partial charge in [0.2, 0.25) is 15.9 Å². The van der Waals surface area contributed by atoms with Gasteiger partial charge in [-0.2, -0.15) is 0 Å². The van der Waals surface area contributed by atoms with Crippen LogP contribution in [0.5, 0.6) is 5.88 Å². The maximum absolute atomic E-state index is 12.4. The summed E-state index contributed by atoms with van der Waals surface area (Å²) in [7, 11) is -3.44. The second-order valence-corrected chi connectivity index (χ2v) is 8.50. The van der Waals surface area contributed by atoms with Gasteiger partial charge >= 0.3 is 0 Å². The Labute approximate surface area is 138 Å². The number of hydrogen-bond acceptors (Lipinski definition) is 5. The van der Waals surface area contributed by atoms with Crippen molar-refractivity contribution >= 4 is 21.6 Å². The third-order valence-electron chi connectivity index (χ3n) is 3.18. The topological polar surface area (TPSA) is 88.6 Å². The number of anilines is 1. The quantitative estimate of drug-likeness (QED) is 0.900. The molecular weight excluding hydrogens is 318 g/mol. The number of aromatic nitrogens is 1. The fourth-order valence-corrected chi connectivity index (χ4v) is 3.79. The van der Waals surface area contributed by atoms with Gasteiger partial charge in [-0.3, -0.25) is 9.10 Å². The molecule has 0 unspecified atom stereocenters. The van der Waals surface area contributed by atoms with E-state index in [0.717, 1.165) is 0 Å². The summed E-state index contributed by atoms with van der Waals surface area (Å²) in [6.07, 6.45) is 1.92. The number of carbonyl (C=O) groups excluding carboxylic acids is 1. The Bertz CT molecular complexity index is 701. The smallest absolute Gasteiger partial charge is 0.253 e. The van der Waals surface area contributed by atoms with Crippen LogP contribution >= 0.6 is 0 Å². The molecule has 0 saturated heterocycles. The van der Waals surface area contributed by atoms with Crippen LogP contribution < -0.4 is 14.4 Å². The van der Waals surface area contributed by atoms with E-state index < -0.39 is 15.6 Å². The van der Waals surface area contributed by atoms with Crippen molar-refractivity contribution in [3.05, 3.63) is 17.8 Å². The summed E-state index contributed by atoms with van der Waals surface area (Å²) < 4.78 is 31.5. The molecule has 0 aromatic carbocycles. The van der Waals surface area contributed by atoms with E-state index in [1.165, 1.54) is 16.6 Å². The number of nitrogens with zero attached hydrogens (tertiary/aromatic N) is 2. The van der Waals surface area contributed by atoms with Crippen LogP contribution in [0.25, 0.3) is 0 Å². The maximum atomic E-state index is 12.4. The highest BCUT2D eigenvalue weighted by atomic mass is 32.2. The number of nitrogens with one attached hydrogen (secondary N) is 1. The Balaban J connectivity index is 0.00000288. The summed E-state index contributed by atoms with van der Waals surface area (Å²) in [5.74, 6) is -0.0142. The van der Waals surface area contributed by atoms with Gasteiger partial charge in [0, 0.05) is 13.2 Å². The van der Waals surface area contributed by atoms with E-state index >= 15 is 0 Å². The van der Waals surface area contributed by atoms with E-state index in [1.807, 2.05) is 27.7 Å². The summed E-state index contributed by atoms with van der Waals surface area (Å²) in [4.78, 5) is 16.4. The van der Waals surface area contributed by atoms with E-state index in [4.69, 9.17) is 4.74 Å². The molecule has 7 nitrogen and oxygen atoms in total. The first-order valence-corrected chi connectivity index (χ1v) is 9.21. The molecule has 2 rings (SSSR count). The standard InChI is InChI=1S/C15H23N3O4S.H2/c1-5-8-23(20,21)18-6-7-22-14-12(18)9-11(10-16-14)13(19)17-15(2,3)4;/h9-10H,5-8H2,1-4H3,(H,17,19);1H. The number of amides is 1. The third-order valence-corrected chi connectivity index (χ3v) is 5.16. The fraction of sp³-hybridized carbons (Fsp3) is 0.600. The summed E-state index contributed by atoms with van der Waals surface area (Å²) >= 11 is 0. The minimum atomic E-state index is -3.44. The van der Waals surface area contributed by atoms with Crippen LogP contribution in [-0.2, 0) is 10.0 Å². The highest BCUT2D eigenvalue weighted by Crippen LogP contribution is 2.32. The average Bonchev–Trinajstić information content (AvgIpc) is 2.44. The molecule has 0 bridgehead atoms. The molecule has 1 aromatic rings. The lowest BCUT2D eigenvalue weighted by Crippen LogP contribution is -2.41. The Morgan fingerprint density at radius 2 is 2.17 bits per heavy atom. The van der Waals surface area contributed by atoms with Crippen LogP contribution in [0.4, 0.5) is 5.69 Å². The first-order valence-electron chi connectivity index (χ1n) is 7.60. The minimum absolute atomic E-state index is 0. The number of rotatable bonds is 4. The molecule has 0 atom stereocenters. The molecule has 0 spiro atoms. The Morgan fingerprint density at radius 3 is 2.78 bits per heavy atom. The highest BCUT2D eigenvalue weighted by Gasteiger charge is 2.30. The molecule has 0 fully saturated rings. The molecule has 0 radical (unpaired) electrons. The van der Waals surface area contributed by atoms with E-state index in [1.54, 1.807) is 0 Å². The predicted molar refractivity (Wildman–Crippen MR) is 90.5 cm³/mol. The zero-order chi connectivity index (χ0) is 17.3. The van der Waals surface area contributed by atoms with Crippen molar-refractivity contribution in [2.45, 2.75) is 39.7 Å². The SMILES string of the molecule is CCCS(=O)(=O)N1CCOc2ncc(C(=O)NC(C)(C)C)cc21.[HH]. The second kappa shape index (κ2) is 6.35. The lowest BCUT2D eigenvalue weighted by Gasteiger charge is -2.30. The van der Waals surface area contributed by atoms with E-state index in [-0.39, 0.29) is 32.1 Å². The lowest BCUT2D eigenvalue weighted by molar-refractivity contribution is 0.0919. The first-order chi connectivity index (χ1) is 10.6. The van der Waals surface area contributed by atoms with Gasteiger partial charge in [-0.1, -0.05) is 6.92 Å². The van der Waals surface area contributed by atoms with Crippen LogP contribution in [0.1, 0.15) is 45.9 Å². The van der Waals surface area contributed by atoms with Gasteiger partial charge in [0.1, 0.15) is 12.3 Å². The van der Waals surface area contributed by atoms with Gasteiger partial charge in [-0.05, 0) is 33.3 Å². The molecule has 8 heteroatoms. The van der Waals surface area contributed by atoms with Crippen molar-refractivity contribution < 1.29 is 19.4 Å². The predicted octanol–water partition coefficient (Wildman–Crippen LogP) is 1.79. The van der Waals surface area contributed by atoms with Crippen molar-refractivity contribution in [2.75, 3.05) is 23.2 Å². The molecule has 2 heterocycles. The van der Waals surface area contributed by atoms with Crippen molar-refractivity contribution in [1.82, 2.24) is 10.3 Å².